The highest BCUT2D eigenvalue weighted by Gasteiger charge is 2.38. The lowest BCUT2D eigenvalue weighted by Gasteiger charge is -2.27. The molecule has 0 spiro atoms. The number of aromatic amines is 1. The molecule has 1 aliphatic heterocycles. The molecule has 43 heavy (non-hydrogen) atoms. The molecule has 6 rings (SSSR count). The topological polar surface area (TPSA) is 143 Å². The van der Waals surface area contributed by atoms with Crippen LogP contribution < -0.4 is 15.0 Å². The van der Waals surface area contributed by atoms with Crippen LogP contribution in [0.4, 0.5) is 33.7 Å². The number of H-pyrrole nitrogens is 1. The molecule has 1 fully saturated rings. The number of benzene rings is 2. The number of carbonyl (C=O) groups is 1. The van der Waals surface area contributed by atoms with Crippen LogP contribution in [0.1, 0.15) is 5.82 Å². The number of morpholine rings is 1. The van der Waals surface area contributed by atoms with E-state index in [1.807, 2.05) is 4.90 Å². The van der Waals surface area contributed by atoms with Crippen LogP contribution in [0, 0.1) is 11.6 Å². The number of aliphatic carboxylic acids is 1. The zero-order chi connectivity index (χ0) is 30.7. The molecule has 12 nitrogen and oxygen atoms in total. The van der Waals surface area contributed by atoms with Crippen molar-refractivity contribution in [3.8, 4) is 11.4 Å². The van der Waals surface area contributed by atoms with Gasteiger partial charge in [-0.05, 0) is 30.3 Å². The number of methoxy groups -OCH3 is 1. The van der Waals surface area contributed by atoms with Gasteiger partial charge in [0.25, 0.3) is 0 Å². The number of carboxylic acid groups (broad SMARTS) is 1. The first kappa shape index (κ1) is 29.4. The molecule has 5 aromatic rings. The minimum atomic E-state index is -5.08. The normalized spacial score (nSPS) is 13.6. The average molecular weight is 607 g/mol. The van der Waals surface area contributed by atoms with Gasteiger partial charge in [0.05, 0.1) is 38.1 Å². The van der Waals surface area contributed by atoms with Gasteiger partial charge in [-0.3, -0.25) is 4.57 Å². The Balaban J connectivity index is 0.000000472. The van der Waals surface area contributed by atoms with E-state index in [-0.39, 0.29) is 23.6 Å². The van der Waals surface area contributed by atoms with E-state index >= 15 is 0 Å². The van der Waals surface area contributed by atoms with E-state index in [1.165, 1.54) is 19.2 Å². The molecule has 0 radical (unpaired) electrons. The van der Waals surface area contributed by atoms with Crippen LogP contribution in [0.3, 0.4) is 0 Å². The Morgan fingerprint density at radius 2 is 1.86 bits per heavy atom. The quantitative estimate of drug-likeness (QED) is 0.242. The first-order valence-corrected chi connectivity index (χ1v) is 12.6. The van der Waals surface area contributed by atoms with E-state index in [2.05, 4.69) is 20.3 Å². The predicted octanol–water partition coefficient (Wildman–Crippen LogP) is 4.06. The van der Waals surface area contributed by atoms with Gasteiger partial charge < -0.3 is 29.8 Å². The van der Waals surface area contributed by atoms with Gasteiger partial charge in [0.2, 0.25) is 5.95 Å². The van der Waals surface area contributed by atoms with Gasteiger partial charge in [-0.1, -0.05) is 6.07 Å². The molecule has 0 bridgehead atoms. The fourth-order valence-corrected chi connectivity index (χ4v) is 4.21. The SMILES string of the molecule is COc1ccc2[nH]c(CNc3nc(N4CCOCC4)nc4c3ncn4-c3cccc(F)c3)nc2c1F.O=C(O)C(F)(F)F. The first-order valence-electron chi connectivity index (χ1n) is 12.6. The third kappa shape index (κ3) is 6.40. The van der Waals surface area contributed by atoms with Crippen LogP contribution >= 0.6 is 0 Å². The third-order valence-corrected chi connectivity index (χ3v) is 6.26. The molecule has 0 saturated carbocycles. The van der Waals surface area contributed by atoms with Crippen molar-refractivity contribution >= 4 is 39.9 Å². The number of hydrogen-bond donors (Lipinski definition) is 3. The summed E-state index contributed by atoms with van der Waals surface area (Å²) in [5.74, 6) is -2.01. The Bertz CT molecular complexity index is 1770. The molecule has 1 aliphatic rings. The number of halogens is 5. The summed E-state index contributed by atoms with van der Waals surface area (Å²) >= 11 is 0. The monoisotopic (exact) mass is 606 g/mol. The van der Waals surface area contributed by atoms with Crippen LogP contribution in [0.2, 0.25) is 0 Å². The van der Waals surface area contributed by atoms with Gasteiger partial charge >= 0.3 is 12.1 Å². The number of aromatic nitrogens is 6. The van der Waals surface area contributed by atoms with Crippen molar-refractivity contribution in [1.29, 1.82) is 0 Å². The molecule has 226 valence electrons. The van der Waals surface area contributed by atoms with E-state index in [0.717, 1.165) is 0 Å². The number of nitrogens with one attached hydrogen (secondary N) is 2. The van der Waals surface area contributed by atoms with Crippen molar-refractivity contribution in [1.82, 2.24) is 29.5 Å². The predicted molar refractivity (Wildman–Crippen MR) is 143 cm³/mol. The summed E-state index contributed by atoms with van der Waals surface area (Å²) in [6.07, 6.45) is -3.49. The van der Waals surface area contributed by atoms with Crippen LogP contribution in [0.15, 0.2) is 42.7 Å². The Morgan fingerprint density at radius 1 is 1.12 bits per heavy atom. The van der Waals surface area contributed by atoms with Gasteiger partial charge in [0.15, 0.2) is 28.5 Å². The molecule has 1 saturated heterocycles. The zero-order valence-electron chi connectivity index (χ0n) is 22.3. The highest BCUT2D eigenvalue weighted by Crippen LogP contribution is 2.27. The summed E-state index contributed by atoms with van der Waals surface area (Å²) in [7, 11) is 1.41. The minimum Gasteiger partial charge on any atom is -0.494 e. The number of rotatable bonds is 6. The summed E-state index contributed by atoms with van der Waals surface area (Å²) in [4.78, 5) is 32.4. The maximum atomic E-state index is 14.6. The highest BCUT2D eigenvalue weighted by atomic mass is 19.4. The maximum Gasteiger partial charge on any atom is 0.490 e. The molecule has 3 N–H and O–H groups in total. The van der Waals surface area contributed by atoms with Gasteiger partial charge in [0.1, 0.15) is 23.5 Å². The molecule has 0 atom stereocenters. The maximum absolute atomic E-state index is 14.6. The molecule has 2 aromatic carbocycles. The second-order valence-corrected chi connectivity index (χ2v) is 9.06. The summed E-state index contributed by atoms with van der Waals surface area (Å²) in [6.45, 7) is 2.66. The fourth-order valence-electron chi connectivity index (χ4n) is 4.21. The standard InChI is InChI=1S/C24H22F2N8O2.C2HF3O2/c1-35-17-6-5-16-20(19(17)26)30-18(29-16)12-27-22-21-23(32-24(31-22)33-7-9-36-10-8-33)34(13-28-21)15-4-2-3-14(25)11-15;3-2(4,5)1(6)7/h2-6,11,13H,7-10,12H2,1H3,(H,29,30)(H,27,31,32);(H,6,7). The number of nitrogens with zero attached hydrogens (tertiary/aromatic N) is 6. The van der Waals surface area contributed by atoms with Gasteiger partial charge in [0, 0.05) is 13.1 Å². The van der Waals surface area contributed by atoms with Crippen LogP contribution in [0.25, 0.3) is 27.9 Å². The van der Waals surface area contributed by atoms with E-state index in [1.54, 1.807) is 35.2 Å². The van der Waals surface area contributed by atoms with Gasteiger partial charge in [-0.25, -0.2) is 23.5 Å². The van der Waals surface area contributed by atoms with Crippen molar-refractivity contribution in [3.05, 3.63) is 60.2 Å². The second kappa shape index (κ2) is 12.0. The van der Waals surface area contributed by atoms with Crippen LogP contribution in [-0.4, -0.2) is 80.2 Å². The highest BCUT2D eigenvalue weighted by molar-refractivity contribution is 5.85. The van der Waals surface area contributed by atoms with Crippen molar-refractivity contribution in [2.45, 2.75) is 12.7 Å². The summed E-state index contributed by atoms with van der Waals surface area (Å²) in [5.41, 5.74) is 2.39. The van der Waals surface area contributed by atoms with Crippen molar-refractivity contribution in [2.24, 2.45) is 0 Å². The summed E-state index contributed by atoms with van der Waals surface area (Å²) in [6, 6.07) is 9.49. The van der Waals surface area contributed by atoms with E-state index in [4.69, 9.17) is 29.3 Å². The van der Waals surface area contributed by atoms with E-state index in [0.29, 0.717) is 66.3 Å². The summed E-state index contributed by atoms with van der Waals surface area (Å²) in [5, 5.41) is 10.4. The number of anilines is 2. The number of carboxylic acids is 1. The molecule has 17 heteroatoms. The molecule has 4 heterocycles. The Labute approximate surface area is 239 Å². The van der Waals surface area contributed by atoms with Crippen molar-refractivity contribution in [3.63, 3.8) is 0 Å². The first-order chi connectivity index (χ1) is 20.5. The Kier molecular flexibility index (Phi) is 8.24. The number of fused-ring (bicyclic) bond motifs is 2. The molecule has 3 aromatic heterocycles. The molecule has 0 unspecified atom stereocenters. The lowest BCUT2D eigenvalue weighted by molar-refractivity contribution is -0.192. The van der Waals surface area contributed by atoms with Crippen LogP contribution in [-0.2, 0) is 16.1 Å². The van der Waals surface area contributed by atoms with Crippen LogP contribution in [0.5, 0.6) is 5.75 Å². The summed E-state index contributed by atoms with van der Waals surface area (Å²) < 4.78 is 72.5. The zero-order valence-corrected chi connectivity index (χ0v) is 22.3. The van der Waals surface area contributed by atoms with Gasteiger partial charge in [-0.2, -0.15) is 23.1 Å². The van der Waals surface area contributed by atoms with E-state index < -0.39 is 18.0 Å². The van der Waals surface area contributed by atoms with Crippen molar-refractivity contribution in [2.75, 3.05) is 43.6 Å². The van der Waals surface area contributed by atoms with E-state index in [9.17, 15) is 22.0 Å². The molecular formula is C26H23F5N8O4. The average Bonchev–Trinajstić information content (AvgIpc) is 3.61. The second-order valence-electron chi connectivity index (χ2n) is 9.06. The number of alkyl halides is 3. The number of imidazole rings is 2. The Hall–Kier alpha value is -5.06. The fraction of sp³-hybridized carbons (Fsp3) is 0.269. The smallest absolute Gasteiger partial charge is 0.490 e. The Morgan fingerprint density at radius 3 is 2.53 bits per heavy atom. The lowest BCUT2D eigenvalue weighted by Crippen LogP contribution is -2.37. The number of ether oxygens (including phenoxy) is 2. The molecule has 0 aliphatic carbocycles. The third-order valence-electron chi connectivity index (χ3n) is 6.26. The molecular weight excluding hydrogens is 583 g/mol. The minimum absolute atomic E-state index is 0.129. The van der Waals surface area contributed by atoms with Crippen molar-refractivity contribution < 1.29 is 41.3 Å². The number of hydrogen-bond acceptors (Lipinski definition) is 9. The largest absolute Gasteiger partial charge is 0.494 e. The van der Waals surface area contributed by atoms with Gasteiger partial charge in [-0.15, -0.1) is 0 Å². The lowest BCUT2D eigenvalue weighted by atomic mass is 10.3. The molecule has 0 amide bonds.